The highest BCUT2D eigenvalue weighted by atomic mass is 79.9. The van der Waals surface area contributed by atoms with Gasteiger partial charge in [0.1, 0.15) is 0 Å². The van der Waals surface area contributed by atoms with E-state index in [1.807, 2.05) is 0 Å². The summed E-state index contributed by atoms with van der Waals surface area (Å²) in [5, 5.41) is 0.425. The molecule has 0 saturated heterocycles. The normalized spacial score (nSPS) is 11.3. The molecular formula is C13H12BrClN2O2S. The Morgan fingerprint density at radius 1 is 1.25 bits per heavy atom. The first-order valence-corrected chi connectivity index (χ1v) is 8.29. The average Bonchev–Trinajstić information content (AvgIpc) is 2.33. The number of anilines is 2. The second kappa shape index (κ2) is 5.63. The number of nitrogen functional groups attached to an aromatic ring is 1. The molecule has 3 N–H and O–H groups in total. The maximum Gasteiger partial charge on any atom is 0.262 e. The SMILES string of the molecule is Cc1cc(N)cc(S(=O)(=O)Nc2cccc(Cl)c2Br)c1. The molecule has 0 radical (unpaired) electrons. The van der Waals surface area contributed by atoms with E-state index in [0.29, 0.717) is 20.9 Å². The molecule has 0 heterocycles. The third-order valence-electron chi connectivity index (χ3n) is 2.58. The zero-order valence-corrected chi connectivity index (χ0v) is 13.7. The lowest BCUT2D eigenvalue weighted by atomic mass is 10.2. The largest absolute Gasteiger partial charge is 0.399 e. The predicted octanol–water partition coefficient (Wildman–Crippen LogP) is 3.79. The second-order valence-corrected chi connectivity index (χ2v) is 7.17. The molecule has 0 amide bonds. The highest BCUT2D eigenvalue weighted by Crippen LogP contribution is 2.31. The summed E-state index contributed by atoms with van der Waals surface area (Å²) in [5.74, 6) is 0. The van der Waals surface area contributed by atoms with E-state index in [1.54, 1.807) is 37.3 Å². The van der Waals surface area contributed by atoms with Crippen molar-refractivity contribution in [3.8, 4) is 0 Å². The Labute approximate surface area is 131 Å². The minimum atomic E-state index is -3.72. The zero-order valence-electron chi connectivity index (χ0n) is 10.5. The van der Waals surface area contributed by atoms with Gasteiger partial charge in [-0.3, -0.25) is 4.72 Å². The fourth-order valence-corrected chi connectivity index (χ4v) is 3.60. The van der Waals surface area contributed by atoms with Crippen LogP contribution in [0.5, 0.6) is 0 Å². The van der Waals surface area contributed by atoms with Crippen LogP contribution in [0.15, 0.2) is 45.8 Å². The van der Waals surface area contributed by atoms with Gasteiger partial charge >= 0.3 is 0 Å². The van der Waals surface area contributed by atoms with Crippen LogP contribution in [0.1, 0.15) is 5.56 Å². The maximum atomic E-state index is 12.3. The van der Waals surface area contributed by atoms with Crippen LogP contribution < -0.4 is 10.5 Å². The van der Waals surface area contributed by atoms with Gasteiger partial charge in [0.2, 0.25) is 0 Å². The molecule has 2 aromatic carbocycles. The van der Waals surface area contributed by atoms with Crippen LogP contribution in [0, 0.1) is 6.92 Å². The van der Waals surface area contributed by atoms with E-state index in [9.17, 15) is 8.42 Å². The molecule has 2 aromatic rings. The third kappa shape index (κ3) is 3.26. The van der Waals surface area contributed by atoms with Crippen molar-refractivity contribution in [3.05, 3.63) is 51.5 Å². The molecular weight excluding hydrogens is 364 g/mol. The van der Waals surface area contributed by atoms with Gasteiger partial charge in [-0.15, -0.1) is 0 Å². The molecule has 106 valence electrons. The van der Waals surface area contributed by atoms with Crippen LogP contribution in [0.25, 0.3) is 0 Å². The van der Waals surface area contributed by atoms with Crippen molar-refractivity contribution in [1.82, 2.24) is 0 Å². The van der Waals surface area contributed by atoms with Gasteiger partial charge in [0.05, 0.1) is 20.1 Å². The summed E-state index contributed by atoms with van der Waals surface area (Å²) in [6, 6.07) is 9.61. The summed E-state index contributed by atoms with van der Waals surface area (Å²) >= 11 is 9.19. The van der Waals surface area contributed by atoms with Crippen molar-refractivity contribution in [2.24, 2.45) is 0 Å². The van der Waals surface area contributed by atoms with Gasteiger partial charge in [-0.1, -0.05) is 17.7 Å². The van der Waals surface area contributed by atoms with Crippen LogP contribution in [-0.4, -0.2) is 8.42 Å². The lowest BCUT2D eigenvalue weighted by Gasteiger charge is -2.11. The number of halogens is 2. The van der Waals surface area contributed by atoms with Gasteiger partial charge in [-0.05, 0) is 58.7 Å². The van der Waals surface area contributed by atoms with E-state index in [2.05, 4.69) is 20.7 Å². The first kappa shape index (κ1) is 15.2. The molecule has 20 heavy (non-hydrogen) atoms. The molecule has 0 atom stereocenters. The molecule has 0 saturated carbocycles. The number of hydrogen-bond donors (Lipinski definition) is 2. The standard InChI is InChI=1S/C13H12BrClN2O2S/c1-8-5-9(16)7-10(6-8)20(18,19)17-12-4-2-3-11(15)13(12)14/h2-7,17H,16H2,1H3. The summed E-state index contributed by atoms with van der Waals surface area (Å²) in [6.45, 7) is 1.78. The molecule has 7 heteroatoms. The van der Waals surface area contributed by atoms with E-state index < -0.39 is 10.0 Å². The fourth-order valence-electron chi connectivity index (χ4n) is 1.72. The number of sulfonamides is 1. The van der Waals surface area contributed by atoms with Crippen LogP contribution >= 0.6 is 27.5 Å². The second-order valence-electron chi connectivity index (χ2n) is 4.29. The number of aryl methyl sites for hydroxylation is 1. The monoisotopic (exact) mass is 374 g/mol. The van der Waals surface area contributed by atoms with Gasteiger partial charge in [0.25, 0.3) is 10.0 Å². The molecule has 0 aliphatic heterocycles. The van der Waals surface area contributed by atoms with Crippen LogP contribution in [0.2, 0.25) is 5.02 Å². The minimum absolute atomic E-state index is 0.113. The van der Waals surface area contributed by atoms with Crippen molar-refractivity contribution >= 4 is 48.9 Å². The summed E-state index contributed by atoms with van der Waals surface area (Å²) in [4.78, 5) is 0.113. The maximum absolute atomic E-state index is 12.3. The van der Waals surface area contributed by atoms with Gasteiger partial charge in [0.15, 0.2) is 0 Å². The Morgan fingerprint density at radius 2 is 1.95 bits per heavy atom. The van der Waals surface area contributed by atoms with Crippen LogP contribution in [0.3, 0.4) is 0 Å². The quantitative estimate of drug-likeness (QED) is 0.802. The van der Waals surface area contributed by atoms with Gasteiger partial charge in [-0.25, -0.2) is 8.42 Å². The van der Waals surface area contributed by atoms with E-state index in [4.69, 9.17) is 17.3 Å². The summed E-state index contributed by atoms with van der Waals surface area (Å²) in [6.07, 6.45) is 0. The Hall–Kier alpha value is -1.24. The molecule has 0 aliphatic rings. The molecule has 0 spiro atoms. The molecule has 0 aliphatic carbocycles. The third-order valence-corrected chi connectivity index (χ3v) is 5.32. The molecule has 0 aromatic heterocycles. The Bertz CT molecular complexity index is 743. The Kier molecular flexibility index (Phi) is 4.27. The molecule has 4 nitrogen and oxygen atoms in total. The Balaban J connectivity index is 2.43. The summed E-state index contributed by atoms with van der Waals surface area (Å²) in [5.41, 5.74) is 7.23. The van der Waals surface area contributed by atoms with E-state index in [0.717, 1.165) is 5.56 Å². The summed E-state index contributed by atoms with van der Waals surface area (Å²) < 4.78 is 27.7. The van der Waals surface area contributed by atoms with Crippen molar-refractivity contribution in [2.75, 3.05) is 10.5 Å². The van der Waals surface area contributed by atoms with Gasteiger partial charge < -0.3 is 5.73 Å². The van der Waals surface area contributed by atoms with E-state index in [1.165, 1.54) is 6.07 Å². The first-order valence-electron chi connectivity index (χ1n) is 5.63. The number of nitrogens with two attached hydrogens (primary N) is 1. The fraction of sp³-hybridized carbons (Fsp3) is 0.0769. The lowest BCUT2D eigenvalue weighted by Crippen LogP contribution is -2.14. The van der Waals surface area contributed by atoms with Gasteiger partial charge in [0, 0.05) is 5.69 Å². The van der Waals surface area contributed by atoms with Crippen molar-refractivity contribution in [2.45, 2.75) is 11.8 Å². The minimum Gasteiger partial charge on any atom is -0.399 e. The summed E-state index contributed by atoms with van der Waals surface area (Å²) in [7, 11) is -3.72. The Morgan fingerprint density at radius 3 is 2.60 bits per heavy atom. The highest BCUT2D eigenvalue weighted by Gasteiger charge is 2.17. The number of nitrogens with one attached hydrogen (secondary N) is 1. The smallest absolute Gasteiger partial charge is 0.262 e. The van der Waals surface area contributed by atoms with Crippen LogP contribution in [-0.2, 0) is 10.0 Å². The lowest BCUT2D eigenvalue weighted by molar-refractivity contribution is 0.601. The topological polar surface area (TPSA) is 72.2 Å². The average molecular weight is 376 g/mol. The number of hydrogen-bond acceptors (Lipinski definition) is 3. The number of rotatable bonds is 3. The molecule has 0 fully saturated rings. The van der Waals surface area contributed by atoms with Crippen molar-refractivity contribution in [3.63, 3.8) is 0 Å². The molecule has 0 unspecified atom stereocenters. The number of benzene rings is 2. The van der Waals surface area contributed by atoms with Gasteiger partial charge in [-0.2, -0.15) is 0 Å². The van der Waals surface area contributed by atoms with E-state index in [-0.39, 0.29) is 4.90 Å². The molecule has 0 bridgehead atoms. The van der Waals surface area contributed by atoms with Crippen molar-refractivity contribution in [1.29, 1.82) is 0 Å². The highest BCUT2D eigenvalue weighted by molar-refractivity contribution is 9.10. The first-order chi connectivity index (χ1) is 9.29. The van der Waals surface area contributed by atoms with Crippen LogP contribution in [0.4, 0.5) is 11.4 Å². The van der Waals surface area contributed by atoms with Crippen molar-refractivity contribution < 1.29 is 8.42 Å². The molecule has 2 rings (SSSR count). The predicted molar refractivity (Wildman–Crippen MR) is 85.6 cm³/mol. The zero-order chi connectivity index (χ0) is 14.9. The van der Waals surface area contributed by atoms with E-state index >= 15 is 0 Å².